The second kappa shape index (κ2) is 6.23. The normalized spacial score (nSPS) is 34.2. The third-order valence-corrected chi connectivity index (χ3v) is 6.27. The van der Waals surface area contributed by atoms with E-state index in [4.69, 9.17) is 4.74 Å². The molecule has 4 nitrogen and oxygen atoms in total. The molecule has 0 heterocycles. The standard InChI is InChI=1S/C20H26N2O2/c1-14(20-10-15-7-16(11-20)9-17(8-15)12-20)21-22-19(23)13-24-18-5-3-2-4-6-18/h2-6,15-17H,7-13H2,1H3,(H,22,23). The summed E-state index contributed by atoms with van der Waals surface area (Å²) in [4.78, 5) is 12.0. The van der Waals surface area contributed by atoms with E-state index < -0.39 is 0 Å². The van der Waals surface area contributed by atoms with Gasteiger partial charge in [0.05, 0.1) is 0 Å². The first-order chi connectivity index (χ1) is 11.6. The number of amides is 1. The fourth-order valence-electron chi connectivity index (χ4n) is 5.52. The van der Waals surface area contributed by atoms with Gasteiger partial charge < -0.3 is 4.74 Å². The van der Waals surface area contributed by atoms with Gasteiger partial charge in [0.2, 0.25) is 0 Å². The summed E-state index contributed by atoms with van der Waals surface area (Å²) in [6.45, 7) is 2.10. The predicted molar refractivity (Wildman–Crippen MR) is 93.8 cm³/mol. The summed E-state index contributed by atoms with van der Waals surface area (Å²) in [6.07, 6.45) is 8.07. The van der Waals surface area contributed by atoms with Gasteiger partial charge in [0.15, 0.2) is 6.61 Å². The summed E-state index contributed by atoms with van der Waals surface area (Å²) in [5.74, 6) is 3.17. The van der Waals surface area contributed by atoms with E-state index in [1.807, 2.05) is 30.3 Å². The van der Waals surface area contributed by atoms with E-state index in [1.54, 1.807) is 0 Å². The van der Waals surface area contributed by atoms with Crippen molar-refractivity contribution in [1.82, 2.24) is 5.43 Å². The number of hydrazone groups is 1. The maximum atomic E-state index is 12.0. The smallest absolute Gasteiger partial charge is 0.277 e. The molecule has 0 atom stereocenters. The van der Waals surface area contributed by atoms with Gasteiger partial charge in [0, 0.05) is 11.1 Å². The Hall–Kier alpha value is -1.84. The van der Waals surface area contributed by atoms with Gasteiger partial charge >= 0.3 is 0 Å². The molecular formula is C20H26N2O2. The highest BCUT2D eigenvalue weighted by atomic mass is 16.5. The fourth-order valence-corrected chi connectivity index (χ4v) is 5.52. The lowest BCUT2D eigenvalue weighted by Gasteiger charge is -2.56. The topological polar surface area (TPSA) is 50.7 Å². The molecule has 24 heavy (non-hydrogen) atoms. The molecule has 4 bridgehead atoms. The number of ether oxygens (including phenoxy) is 1. The van der Waals surface area contributed by atoms with Gasteiger partial charge in [-0.1, -0.05) is 18.2 Å². The SMILES string of the molecule is CC(=NNC(=O)COc1ccccc1)C12CC3CC(CC(C3)C1)C2. The van der Waals surface area contributed by atoms with Crippen molar-refractivity contribution in [2.45, 2.75) is 45.4 Å². The highest BCUT2D eigenvalue weighted by Gasteiger charge is 2.52. The molecule has 1 aromatic rings. The van der Waals surface area contributed by atoms with Crippen molar-refractivity contribution in [3.63, 3.8) is 0 Å². The van der Waals surface area contributed by atoms with E-state index >= 15 is 0 Å². The Morgan fingerprint density at radius 2 is 1.71 bits per heavy atom. The average Bonchev–Trinajstić information content (AvgIpc) is 2.57. The minimum Gasteiger partial charge on any atom is -0.484 e. The van der Waals surface area contributed by atoms with Crippen LogP contribution in [-0.4, -0.2) is 18.2 Å². The van der Waals surface area contributed by atoms with E-state index in [0.717, 1.165) is 23.5 Å². The van der Waals surface area contributed by atoms with E-state index in [-0.39, 0.29) is 17.9 Å². The molecular weight excluding hydrogens is 300 g/mol. The Balaban J connectivity index is 1.34. The first kappa shape index (κ1) is 15.7. The van der Waals surface area contributed by atoms with Gasteiger partial charge in [-0.05, 0) is 75.3 Å². The number of benzene rings is 1. The molecule has 0 spiro atoms. The van der Waals surface area contributed by atoms with E-state index in [0.29, 0.717) is 5.75 Å². The van der Waals surface area contributed by atoms with Crippen LogP contribution < -0.4 is 10.2 Å². The largest absolute Gasteiger partial charge is 0.484 e. The first-order valence-electron chi connectivity index (χ1n) is 9.14. The van der Waals surface area contributed by atoms with Crippen molar-refractivity contribution in [3.8, 4) is 5.75 Å². The third kappa shape index (κ3) is 3.06. The number of para-hydroxylation sites is 1. The van der Waals surface area contributed by atoms with Crippen LogP contribution in [0.15, 0.2) is 35.4 Å². The highest BCUT2D eigenvalue weighted by Crippen LogP contribution is 2.60. The van der Waals surface area contributed by atoms with Crippen LogP contribution >= 0.6 is 0 Å². The van der Waals surface area contributed by atoms with Crippen LogP contribution in [0.3, 0.4) is 0 Å². The predicted octanol–water partition coefficient (Wildman–Crippen LogP) is 3.77. The molecule has 1 amide bonds. The van der Waals surface area contributed by atoms with Crippen molar-refractivity contribution in [2.24, 2.45) is 28.3 Å². The summed E-state index contributed by atoms with van der Waals surface area (Å²) >= 11 is 0. The number of carbonyl (C=O) groups is 1. The monoisotopic (exact) mass is 326 g/mol. The minimum absolute atomic E-state index is 0.00166. The molecule has 0 radical (unpaired) electrons. The molecule has 4 saturated carbocycles. The van der Waals surface area contributed by atoms with Crippen molar-refractivity contribution in [2.75, 3.05) is 6.61 Å². The molecule has 4 heteroatoms. The molecule has 0 aromatic heterocycles. The molecule has 1 aromatic carbocycles. The van der Waals surface area contributed by atoms with Crippen molar-refractivity contribution in [3.05, 3.63) is 30.3 Å². The zero-order valence-corrected chi connectivity index (χ0v) is 14.3. The molecule has 0 saturated heterocycles. The Morgan fingerprint density at radius 3 is 2.29 bits per heavy atom. The molecule has 4 fully saturated rings. The summed E-state index contributed by atoms with van der Waals surface area (Å²) in [6, 6.07) is 9.39. The maximum absolute atomic E-state index is 12.0. The van der Waals surface area contributed by atoms with Crippen molar-refractivity contribution < 1.29 is 9.53 Å². The summed E-state index contributed by atoms with van der Waals surface area (Å²) < 4.78 is 5.47. The zero-order chi connectivity index (χ0) is 16.6. The van der Waals surface area contributed by atoms with Gasteiger partial charge in [-0.15, -0.1) is 0 Å². The van der Waals surface area contributed by atoms with Gasteiger partial charge in [-0.3, -0.25) is 4.79 Å². The number of hydrogen-bond donors (Lipinski definition) is 1. The summed E-state index contributed by atoms with van der Waals surface area (Å²) in [5, 5.41) is 4.46. The van der Waals surface area contributed by atoms with Gasteiger partial charge in [-0.25, -0.2) is 5.43 Å². The molecule has 4 aliphatic rings. The van der Waals surface area contributed by atoms with Crippen molar-refractivity contribution in [1.29, 1.82) is 0 Å². The van der Waals surface area contributed by atoms with Crippen LogP contribution in [0, 0.1) is 23.2 Å². The fraction of sp³-hybridized carbons (Fsp3) is 0.600. The summed E-state index contributed by atoms with van der Waals surface area (Å²) in [5.41, 5.74) is 4.07. The summed E-state index contributed by atoms with van der Waals surface area (Å²) in [7, 11) is 0. The van der Waals surface area contributed by atoms with E-state index in [9.17, 15) is 4.79 Å². The number of nitrogens with zero attached hydrogens (tertiary/aromatic N) is 1. The lowest BCUT2D eigenvalue weighted by atomic mass is 9.48. The molecule has 128 valence electrons. The van der Waals surface area contributed by atoms with E-state index in [2.05, 4.69) is 17.5 Å². The Morgan fingerprint density at radius 1 is 1.12 bits per heavy atom. The zero-order valence-electron chi connectivity index (χ0n) is 14.3. The van der Waals surface area contributed by atoms with Crippen LogP contribution in [-0.2, 0) is 4.79 Å². The lowest BCUT2D eigenvalue weighted by Crippen LogP contribution is -2.49. The average molecular weight is 326 g/mol. The number of rotatable bonds is 5. The molecule has 5 rings (SSSR count). The lowest BCUT2D eigenvalue weighted by molar-refractivity contribution is -0.123. The quantitative estimate of drug-likeness (QED) is 0.661. The number of hydrogen-bond acceptors (Lipinski definition) is 3. The number of nitrogens with one attached hydrogen (secondary N) is 1. The van der Waals surface area contributed by atoms with Crippen LogP contribution in [0.25, 0.3) is 0 Å². The molecule has 0 unspecified atom stereocenters. The highest BCUT2D eigenvalue weighted by molar-refractivity contribution is 5.90. The third-order valence-electron chi connectivity index (χ3n) is 6.27. The maximum Gasteiger partial charge on any atom is 0.277 e. The van der Waals surface area contributed by atoms with Crippen molar-refractivity contribution >= 4 is 11.6 Å². The minimum atomic E-state index is -0.192. The second-order valence-electron chi connectivity index (χ2n) is 8.03. The van der Waals surface area contributed by atoms with Gasteiger partial charge in [0.1, 0.15) is 5.75 Å². The second-order valence-corrected chi connectivity index (χ2v) is 8.03. The van der Waals surface area contributed by atoms with Gasteiger partial charge in [0.25, 0.3) is 5.91 Å². The molecule has 1 N–H and O–H groups in total. The Bertz CT molecular complexity index is 603. The Kier molecular flexibility index (Phi) is 4.07. The number of carbonyl (C=O) groups excluding carboxylic acids is 1. The molecule has 4 aliphatic carbocycles. The Labute approximate surface area is 143 Å². The first-order valence-corrected chi connectivity index (χ1v) is 9.14. The van der Waals surface area contributed by atoms with Gasteiger partial charge in [-0.2, -0.15) is 5.10 Å². The van der Waals surface area contributed by atoms with Crippen LogP contribution in [0.5, 0.6) is 5.75 Å². The van der Waals surface area contributed by atoms with E-state index in [1.165, 1.54) is 38.5 Å². The van der Waals surface area contributed by atoms with Crippen LogP contribution in [0.4, 0.5) is 0 Å². The van der Waals surface area contributed by atoms with Crippen LogP contribution in [0.2, 0.25) is 0 Å². The molecule has 0 aliphatic heterocycles. The van der Waals surface area contributed by atoms with Crippen LogP contribution in [0.1, 0.15) is 45.4 Å².